The molecule has 0 amide bonds. The van der Waals surface area contributed by atoms with E-state index in [0.29, 0.717) is 37.9 Å². The molecule has 0 N–H and O–H groups in total. The Morgan fingerprint density at radius 1 is 1.26 bits per heavy atom. The summed E-state index contributed by atoms with van der Waals surface area (Å²) >= 11 is 10.4. The molecule has 0 saturated heterocycles. The van der Waals surface area contributed by atoms with E-state index >= 15 is 0 Å². The first-order valence-electron chi connectivity index (χ1n) is 6.42. The van der Waals surface area contributed by atoms with Crippen molar-refractivity contribution in [2.75, 3.05) is 13.1 Å². The van der Waals surface area contributed by atoms with Crippen LogP contribution in [0.25, 0.3) is 0 Å². The number of nitrogens with zero attached hydrogens (tertiary/aromatic N) is 1. The van der Waals surface area contributed by atoms with Crippen LogP contribution in [0.15, 0.2) is 14.1 Å². The molecule has 0 spiro atoms. The van der Waals surface area contributed by atoms with Crippen molar-refractivity contribution < 1.29 is 8.42 Å². The second kappa shape index (κ2) is 5.30. The van der Waals surface area contributed by atoms with E-state index in [9.17, 15) is 8.42 Å². The molecule has 7 heteroatoms. The van der Waals surface area contributed by atoms with E-state index in [1.54, 1.807) is 10.4 Å². The summed E-state index contributed by atoms with van der Waals surface area (Å²) in [6.07, 6.45) is 4.63. The number of rotatable bonds is 6. The van der Waals surface area contributed by atoms with Crippen molar-refractivity contribution in [3.63, 3.8) is 0 Å². The molecule has 2 fully saturated rings. The lowest BCUT2D eigenvalue weighted by atomic mass is 10.4. The van der Waals surface area contributed by atoms with Gasteiger partial charge in [0.05, 0.1) is 8.81 Å². The molecule has 1 aromatic rings. The minimum Gasteiger partial charge on any atom is -0.206 e. The van der Waals surface area contributed by atoms with Crippen LogP contribution in [-0.4, -0.2) is 25.8 Å². The van der Waals surface area contributed by atoms with Gasteiger partial charge in [0, 0.05) is 13.1 Å². The summed E-state index contributed by atoms with van der Waals surface area (Å²) in [6.45, 7) is 1.35. The van der Waals surface area contributed by atoms with E-state index in [-0.39, 0.29) is 0 Å². The molecule has 3 rings (SSSR count). The number of halogens is 2. The molecule has 0 unspecified atom stereocenters. The van der Waals surface area contributed by atoms with Crippen LogP contribution in [0.1, 0.15) is 25.7 Å². The third-order valence-corrected chi connectivity index (χ3v) is 8.29. The fraction of sp³-hybridized carbons (Fsp3) is 0.667. The van der Waals surface area contributed by atoms with Crippen molar-refractivity contribution in [2.24, 2.45) is 11.8 Å². The average molecular weight is 385 g/mol. The lowest BCUT2D eigenvalue weighted by molar-refractivity contribution is 0.383. The molecule has 106 valence electrons. The molecular formula is C12H15BrClNO2S2. The van der Waals surface area contributed by atoms with Crippen LogP contribution in [0.2, 0.25) is 5.02 Å². The molecule has 1 heterocycles. The molecule has 2 aliphatic rings. The Balaban J connectivity index is 1.84. The van der Waals surface area contributed by atoms with E-state index in [2.05, 4.69) is 15.9 Å². The number of hydrogen-bond acceptors (Lipinski definition) is 3. The summed E-state index contributed by atoms with van der Waals surface area (Å²) in [7, 11) is -3.38. The number of sulfonamides is 1. The Labute approximate surface area is 131 Å². The second-order valence-electron chi connectivity index (χ2n) is 5.40. The molecule has 19 heavy (non-hydrogen) atoms. The van der Waals surface area contributed by atoms with Crippen LogP contribution in [0.5, 0.6) is 0 Å². The topological polar surface area (TPSA) is 37.4 Å². The molecule has 2 aliphatic carbocycles. The minimum atomic E-state index is -3.38. The van der Waals surface area contributed by atoms with E-state index in [1.165, 1.54) is 11.3 Å². The van der Waals surface area contributed by atoms with E-state index in [1.807, 2.05) is 0 Å². The Morgan fingerprint density at radius 2 is 1.79 bits per heavy atom. The van der Waals surface area contributed by atoms with Crippen molar-refractivity contribution in [3.05, 3.63) is 14.9 Å². The van der Waals surface area contributed by atoms with Crippen LogP contribution in [-0.2, 0) is 10.0 Å². The van der Waals surface area contributed by atoms with Gasteiger partial charge in [0.2, 0.25) is 0 Å². The lowest BCUT2D eigenvalue weighted by Crippen LogP contribution is -2.34. The third-order valence-electron chi connectivity index (χ3n) is 3.53. The van der Waals surface area contributed by atoms with Crippen LogP contribution in [0, 0.1) is 11.8 Å². The van der Waals surface area contributed by atoms with Gasteiger partial charge in [0.25, 0.3) is 10.0 Å². The molecule has 2 saturated carbocycles. The van der Waals surface area contributed by atoms with Crippen molar-refractivity contribution >= 4 is 48.9 Å². The van der Waals surface area contributed by atoms with Crippen LogP contribution >= 0.6 is 38.9 Å². The van der Waals surface area contributed by atoms with Gasteiger partial charge >= 0.3 is 0 Å². The molecular weight excluding hydrogens is 370 g/mol. The van der Waals surface area contributed by atoms with Gasteiger partial charge in [0.1, 0.15) is 4.21 Å². The third kappa shape index (κ3) is 3.35. The SMILES string of the molecule is O=S(=O)(c1cc(Cl)c(Br)s1)N(CC1CC1)CC1CC1. The highest BCUT2D eigenvalue weighted by Crippen LogP contribution is 2.39. The zero-order valence-corrected chi connectivity index (χ0v) is 14.3. The van der Waals surface area contributed by atoms with Gasteiger partial charge < -0.3 is 0 Å². The Kier molecular flexibility index (Phi) is 3.99. The van der Waals surface area contributed by atoms with E-state index in [0.717, 1.165) is 25.7 Å². The van der Waals surface area contributed by atoms with Crippen LogP contribution in [0.4, 0.5) is 0 Å². The fourth-order valence-electron chi connectivity index (χ4n) is 2.03. The number of thiophene rings is 1. The highest BCUT2D eigenvalue weighted by atomic mass is 79.9. The van der Waals surface area contributed by atoms with Crippen LogP contribution < -0.4 is 0 Å². The second-order valence-corrected chi connectivity index (χ2v) is 10.3. The van der Waals surface area contributed by atoms with Gasteiger partial charge in [0.15, 0.2) is 0 Å². The van der Waals surface area contributed by atoms with Gasteiger partial charge in [-0.2, -0.15) is 4.31 Å². The van der Waals surface area contributed by atoms with Crippen molar-refractivity contribution in [1.82, 2.24) is 4.31 Å². The number of hydrogen-bond donors (Lipinski definition) is 0. The normalized spacial score (nSPS) is 20.2. The molecule has 0 aliphatic heterocycles. The lowest BCUT2D eigenvalue weighted by Gasteiger charge is -2.21. The summed E-state index contributed by atoms with van der Waals surface area (Å²) in [5.74, 6) is 1.12. The molecule has 0 atom stereocenters. The zero-order chi connectivity index (χ0) is 13.6. The van der Waals surface area contributed by atoms with Crippen molar-refractivity contribution in [1.29, 1.82) is 0 Å². The summed E-state index contributed by atoms with van der Waals surface area (Å²) in [5.41, 5.74) is 0. The maximum atomic E-state index is 12.7. The standard InChI is InChI=1S/C12H15BrClNO2S2/c13-12-10(14)5-11(18-12)19(16,17)15(6-8-1-2-8)7-9-3-4-9/h5,8-9H,1-4,6-7H2. The van der Waals surface area contributed by atoms with Gasteiger partial charge in [-0.25, -0.2) is 8.42 Å². The quantitative estimate of drug-likeness (QED) is 0.744. The molecule has 0 bridgehead atoms. The smallest absolute Gasteiger partial charge is 0.206 e. The first-order chi connectivity index (χ1) is 8.96. The van der Waals surface area contributed by atoms with Gasteiger partial charge in [-0.05, 0) is 59.5 Å². The van der Waals surface area contributed by atoms with Gasteiger partial charge in [-0.15, -0.1) is 11.3 Å². The highest BCUT2D eigenvalue weighted by Gasteiger charge is 2.36. The maximum absolute atomic E-state index is 12.7. The largest absolute Gasteiger partial charge is 0.252 e. The summed E-state index contributed by atoms with van der Waals surface area (Å²) < 4.78 is 28.1. The molecule has 0 aromatic carbocycles. The van der Waals surface area contributed by atoms with Gasteiger partial charge in [-0.1, -0.05) is 11.6 Å². The fourth-order valence-corrected chi connectivity index (χ4v) is 6.17. The maximum Gasteiger partial charge on any atom is 0.252 e. The van der Waals surface area contributed by atoms with Crippen molar-refractivity contribution in [3.8, 4) is 0 Å². The van der Waals surface area contributed by atoms with E-state index in [4.69, 9.17) is 11.6 Å². The minimum absolute atomic E-state index is 0.352. The van der Waals surface area contributed by atoms with Crippen LogP contribution in [0.3, 0.4) is 0 Å². The predicted octanol–water partition coefficient (Wildman–Crippen LogP) is 3.97. The zero-order valence-electron chi connectivity index (χ0n) is 10.3. The van der Waals surface area contributed by atoms with Gasteiger partial charge in [-0.3, -0.25) is 0 Å². The van der Waals surface area contributed by atoms with E-state index < -0.39 is 10.0 Å². The monoisotopic (exact) mass is 383 g/mol. The first kappa shape index (κ1) is 14.3. The summed E-state index contributed by atoms with van der Waals surface area (Å²) in [4.78, 5) is 0. The predicted molar refractivity (Wildman–Crippen MR) is 81.2 cm³/mol. The molecule has 0 radical (unpaired) electrons. The average Bonchev–Trinajstić information content (AvgIpc) is 3.23. The van der Waals surface area contributed by atoms with Crippen molar-refractivity contribution in [2.45, 2.75) is 29.9 Å². The Morgan fingerprint density at radius 3 is 2.16 bits per heavy atom. The first-order valence-corrected chi connectivity index (χ1v) is 9.84. The summed E-state index contributed by atoms with van der Waals surface area (Å²) in [5, 5.41) is 0.473. The Bertz CT molecular complexity index is 545. The molecule has 1 aromatic heterocycles. The summed E-state index contributed by atoms with van der Waals surface area (Å²) in [6, 6.07) is 1.55. The Hall–Kier alpha value is 0.380. The highest BCUT2D eigenvalue weighted by molar-refractivity contribution is 9.11. The molecule has 3 nitrogen and oxygen atoms in total.